The highest BCUT2D eigenvalue weighted by atomic mass is 16.5. The number of anilines is 1. The first-order chi connectivity index (χ1) is 15.7. The maximum atomic E-state index is 13.3. The molecule has 1 saturated carbocycles. The van der Waals surface area contributed by atoms with Gasteiger partial charge in [-0.15, -0.1) is 0 Å². The Hall–Kier alpha value is -3.61. The zero-order chi connectivity index (χ0) is 22.1. The Bertz CT molecular complexity index is 1270. The Kier molecular flexibility index (Phi) is 5.39. The van der Waals surface area contributed by atoms with Crippen LogP contribution < -0.4 is 10.5 Å². The molecular formula is C25H26N4O3. The lowest BCUT2D eigenvalue weighted by molar-refractivity contribution is 0.0214. The second-order valence-electron chi connectivity index (χ2n) is 8.07. The minimum atomic E-state index is -0.436. The monoisotopic (exact) mass is 430 g/mol. The second-order valence-corrected chi connectivity index (χ2v) is 8.07. The molecule has 164 valence electrons. The molecule has 2 N–H and O–H groups in total. The van der Waals surface area contributed by atoms with Crippen LogP contribution in [0, 0.1) is 0 Å². The zero-order valence-electron chi connectivity index (χ0n) is 18.1. The normalized spacial score (nSPS) is 14.7. The summed E-state index contributed by atoms with van der Waals surface area (Å²) >= 11 is 0. The number of rotatable bonds is 5. The number of nitrogen functional groups attached to an aromatic ring is 1. The molecule has 2 aromatic carbocycles. The molecule has 7 heteroatoms. The van der Waals surface area contributed by atoms with E-state index >= 15 is 0 Å². The summed E-state index contributed by atoms with van der Waals surface area (Å²) in [6.07, 6.45) is 5.03. The fourth-order valence-corrected chi connectivity index (χ4v) is 4.38. The van der Waals surface area contributed by atoms with Gasteiger partial charge < -0.3 is 15.2 Å². The maximum Gasteiger partial charge on any atom is 0.344 e. The van der Waals surface area contributed by atoms with Gasteiger partial charge in [0.25, 0.3) is 0 Å². The summed E-state index contributed by atoms with van der Waals surface area (Å²) < 4.78 is 13.2. The van der Waals surface area contributed by atoms with Crippen LogP contribution in [0.2, 0.25) is 0 Å². The number of benzene rings is 2. The quantitative estimate of drug-likeness (QED) is 0.446. The van der Waals surface area contributed by atoms with Crippen LogP contribution in [0.4, 0.5) is 5.82 Å². The van der Waals surface area contributed by atoms with E-state index in [9.17, 15) is 4.79 Å². The number of aromatic nitrogens is 3. The predicted octanol–water partition coefficient (Wildman–Crippen LogP) is 5.04. The van der Waals surface area contributed by atoms with E-state index in [2.05, 4.69) is 0 Å². The highest BCUT2D eigenvalue weighted by Gasteiger charge is 2.28. The third-order valence-electron chi connectivity index (χ3n) is 5.93. The summed E-state index contributed by atoms with van der Waals surface area (Å²) in [6.45, 7) is 2.53. The van der Waals surface area contributed by atoms with Crippen molar-refractivity contribution in [1.29, 1.82) is 0 Å². The SMILES string of the molecule is CCOc1ccc(-n2c(N)c(C(=O)OC3CCCCC3)c3nc4ccccc4nc32)cc1. The number of esters is 1. The van der Waals surface area contributed by atoms with E-state index < -0.39 is 5.97 Å². The predicted molar refractivity (Wildman–Crippen MR) is 124 cm³/mol. The molecule has 2 heterocycles. The van der Waals surface area contributed by atoms with Crippen LogP contribution in [0.3, 0.4) is 0 Å². The molecule has 1 aliphatic rings. The van der Waals surface area contributed by atoms with E-state index in [-0.39, 0.29) is 17.5 Å². The minimum absolute atomic E-state index is 0.0760. The highest BCUT2D eigenvalue weighted by molar-refractivity contribution is 6.09. The number of para-hydroxylation sites is 2. The lowest BCUT2D eigenvalue weighted by Gasteiger charge is -2.21. The Morgan fingerprint density at radius 2 is 1.72 bits per heavy atom. The summed E-state index contributed by atoms with van der Waals surface area (Å²) in [5, 5.41) is 0. The van der Waals surface area contributed by atoms with Crippen LogP contribution >= 0.6 is 0 Å². The average Bonchev–Trinajstić information content (AvgIpc) is 3.09. The number of nitrogens with zero attached hydrogens (tertiary/aromatic N) is 3. The third kappa shape index (κ3) is 3.64. The largest absolute Gasteiger partial charge is 0.494 e. The number of carbonyl (C=O) groups excluding carboxylic acids is 1. The molecule has 0 bridgehead atoms. The van der Waals surface area contributed by atoms with Gasteiger partial charge >= 0.3 is 5.97 Å². The molecule has 0 radical (unpaired) electrons. The first kappa shape index (κ1) is 20.3. The van der Waals surface area contributed by atoms with Crippen molar-refractivity contribution in [3.8, 4) is 11.4 Å². The highest BCUT2D eigenvalue weighted by Crippen LogP contribution is 2.33. The molecule has 0 saturated heterocycles. The molecule has 0 aliphatic heterocycles. The molecule has 32 heavy (non-hydrogen) atoms. The molecule has 0 spiro atoms. The van der Waals surface area contributed by atoms with Gasteiger partial charge in [-0.05, 0) is 69.0 Å². The minimum Gasteiger partial charge on any atom is -0.494 e. The van der Waals surface area contributed by atoms with Gasteiger partial charge in [-0.1, -0.05) is 18.6 Å². The molecule has 1 fully saturated rings. The Morgan fingerprint density at radius 3 is 2.41 bits per heavy atom. The van der Waals surface area contributed by atoms with Crippen LogP contribution in [0.15, 0.2) is 48.5 Å². The van der Waals surface area contributed by atoms with Crippen LogP contribution in [0.25, 0.3) is 27.9 Å². The van der Waals surface area contributed by atoms with Crippen molar-refractivity contribution in [3.05, 3.63) is 54.1 Å². The van der Waals surface area contributed by atoms with Gasteiger partial charge in [-0.3, -0.25) is 4.57 Å². The van der Waals surface area contributed by atoms with E-state index in [1.54, 1.807) is 4.57 Å². The van der Waals surface area contributed by atoms with Crippen LogP contribution in [-0.4, -0.2) is 33.2 Å². The van der Waals surface area contributed by atoms with Crippen LogP contribution in [-0.2, 0) is 4.74 Å². The van der Waals surface area contributed by atoms with Crippen molar-refractivity contribution in [1.82, 2.24) is 14.5 Å². The molecule has 0 atom stereocenters. The maximum absolute atomic E-state index is 13.3. The van der Waals surface area contributed by atoms with Crippen molar-refractivity contribution in [2.24, 2.45) is 0 Å². The second kappa shape index (κ2) is 8.49. The first-order valence-electron chi connectivity index (χ1n) is 11.2. The number of ether oxygens (including phenoxy) is 2. The summed E-state index contributed by atoms with van der Waals surface area (Å²) in [6, 6.07) is 15.1. The summed E-state index contributed by atoms with van der Waals surface area (Å²) in [5.74, 6) is 0.605. The summed E-state index contributed by atoms with van der Waals surface area (Å²) in [4.78, 5) is 22.8. The van der Waals surface area contributed by atoms with Gasteiger partial charge in [0.05, 0.1) is 17.6 Å². The van der Waals surface area contributed by atoms with Crippen molar-refractivity contribution in [2.45, 2.75) is 45.1 Å². The molecule has 7 nitrogen and oxygen atoms in total. The molecule has 0 unspecified atom stereocenters. The average molecular weight is 431 g/mol. The lowest BCUT2D eigenvalue weighted by Crippen LogP contribution is -2.21. The van der Waals surface area contributed by atoms with Crippen molar-refractivity contribution >= 4 is 34.0 Å². The topological polar surface area (TPSA) is 92.3 Å². The number of fused-ring (bicyclic) bond motifs is 2. The summed E-state index contributed by atoms with van der Waals surface area (Å²) in [5.41, 5.74) is 10.0. The van der Waals surface area contributed by atoms with Gasteiger partial charge in [-0.25, -0.2) is 14.8 Å². The van der Waals surface area contributed by atoms with E-state index in [0.717, 1.165) is 42.6 Å². The first-order valence-corrected chi connectivity index (χ1v) is 11.2. The van der Waals surface area contributed by atoms with Crippen molar-refractivity contribution < 1.29 is 14.3 Å². The lowest BCUT2D eigenvalue weighted by atomic mass is 9.98. The van der Waals surface area contributed by atoms with Crippen LogP contribution in [0.5, 0.6) is 5.75 Å². The number of hydrogen-bond donors (Lipinski definition) is 1. The number of carbonyl (C=O) groups is 1. The molecule has 4 aromatic rings. The molecule has 0 amide bonds. The summed E-state index contributed by atoms with van der Waals surface area (Å²) in [7, 11) is 0. The molecular weight excluding hydrogens is 404 g/mol. The van der Waals surface area contributed by atoms with Gasteiger partial charge in [0, 0.05) is 5.69 Å². The fourth-order valence-electron chi connectivity index (χ4n) is 4.38. The van der Waals surface area contributed by atoms with Gasteiger partial charge in [0.15, 0.2) is 5.65 Å². The van der Waals surface area contributed by atoms with Crippen molar-refractivity contribution in [3.63, 3.8) is 0 Å². The Morgan fingerprint density at radius 1 is 1.03 bits per heavy atom. The number of nitrogens with two attached hydrogens (primary N) is 1. The van der Waals surface area contributed by atoms with E-state index in [0.29, 0.717) is 23.3 Å². The standard InChI is InChI=1S/C25H26N4O3/c1-2-31-17-14-12-16(13-15-17)29-23(26)21(25(30)32-18-8-4-3-5-9-18)22-24(29)28-20-11-7-6-10-19(20)27-22/h6-7,10-15,18H,2-5,8-9,26H2,1H3. The van der Waals surface area contributed by atoms with Gasteiger partial charge in [0.1, 0.15) is 28.8 Å². The van der Waals surface area contributed by atoms with Gasteiger partial charge in [-0.2, -0.15) is 0 Å². The van der Waals surface area contributed by atoms with E-state index in [4.69, 9.17) is 25.2 Å². The number of hydrogen-bond acceptors (Lipinski definition) is 6. The van der Waals surface area contributed by atoms with Crippen molar-refractivity contribution in [2.75, 3.05) is 12.3 Å². The Balaban J connectivity index is 1.66. The molecule has 2 aromatic heterocycles. The van der Waals surface area contributed by atoms with Crippen LogP contribution in [0.1, 0.15) is 49.4 Å². The zero-order valence-corrected chi connectivity index (χ0v) is 18.1. The Labute approximate surface area is 186 Å². The smallest absolute Gasteiger partial charge is 0.344 e. The third-order valence-corrected chi connectivity index (χ3v) is 5.93. The molecule has 5 rings (SSSR count). The molecule has 1 aliphatic carbocycles. The van der Waals surface area contributed by atoms with E-state index in [1.165, 1.54) is 6.42 Å². The van der Waals surface area contributed by atoms with Gasteiger partial charge in [0.2, 0.25) is 0 Å². The van der Waals surface area contributed by atoms with E-state index in [1.807, 2.05) is 55.5 Å². The fraction of sp³-hybridized carbons (Fsp3) is 0.320.